The molecule has 1 saturated heterocycles. The van der Waals surface area contributed by atoms with Gasteiger partial charge in [-0.15, -0.1) is 0 Å². The van der Waals surface area contributed by atoms with Gasteiger partial charge in [-0.2, -0.15) is 0 Å². The Labute approximate surface area is 124 Å². The van der Waals surface area contributed by atoms with Crippen molar-refractivity contribution in [3.63, 3.8) is 0 Å². The van der Waals surface area contributed by atoms with E-state index in [0.29, 0.717) is 12.5 Å². The number of carbonyl (C=O) groups excluding carboxylic acids is 2. The van der Waals surface area contributed by atoms with Gasteiger partial charge < -0.3 is 10.2 Å². The Morgan fingerprint density at radius 1 is 1.24 bits per heavy atom. The highest BCUT2D eigenvalue weighted by Crippen LogP contribution is 2.34. The summed E-state index contributed by atoms with van der Waals surface area (Å²) in [7, 11) is 0. The third-order valence-corrected chi connectivity index (χ3v) is 4.39. The number of hydrogen-bond acceptors (Lipinski definition) is 3. The van der Waals surface area contributed by atoms with Crippen LogP contribution in [0, 0.1) is 0 Å². The summed E-state index contributed by atoms with van der Waals surface area (Å²) in [5, 5.41) is 2.55. The lowest BCUT2D eigenvalue weighted by Gasteiger charge is -2.34. The van der Waals surface area contributed by atoms with Gasteiger partial charge in [-0.25, -0.2) is 4.79 Å². The molecule has 0 unspecified atom stereocenters. The van der Waals surface area contributed by atoms with E-state index in [1.807, 2.05) is 0 Å². The molecule has 1 fully saturated rings. The van der Waals surface area contributed by atoms with E-state index in [2.05, 4.69) is 41.4 Å². The smallest absolute Gasteiger partial charge is 0.324 e. The summed E-state index contributed by atoms with van der Waals surface area (Å²) in [6.45, 7) is 4.82. The lowest BCUT2D eigenvalue weighted by molar-refractivity contribution is -0.125. The van der Waals surface area contributed by atoms with Crippen LogP contribution in [0.5, 0.6) is 0 Å². The minimum atomic E-state index is -0.257. The molecule has 5 nitrogen and oxygen atoms in total. The van der Waals surface area contributed by atoms with E-state index in [9.17, 15) is 9.59 Å². The fraction of sp³-hybridized carbons (Fsp3) is 0.500. The van der Waals surface area contributed by atoms with Crippen molar-refractivity contribution in [2.75, 3.05) is 31.1 Å². The SMILES string of the molecule is C[C@@H]1CCN(CCCN2C(=O)CNC2=O)c2ccccc21. The van der Waals surface area contributed by atoms with E-state index >= 15 is 0 Å². The fourth-order valence-electron chi connectivity index (χ4n) is 3.15. The monoisotopic (exact) mass is 287 g/mol. The number of fused-ring (bicyclic) bond motifs is 1. The molecule has 0 spiro atoms. The maximum absolute atomic E-state index is 11.5. The molecule has 2 aliphatic heterocycles. The zero-order chi connectivity index (χ0) is 14.8. The van der Waals surface area contributed by atoms with E-state index in [-0.39, 0.29) is 18.5 Å². The van der Waals surface area contributed by atoms with Crippen LogP contribution in [-0.2, 0) is 4.79 Å². The number of urea groups is 1. The summed E-state index contributed by atoms with van der Waals surface area (Å²) in [5.74, 6) is 0.482. The topological polar surface area (TPSA) is 52.6 Å². The second kappa shape index (κ2) is 5.76. The highest BCUT2D eigenvalue weighted by molar-refractivity contribution is 6.01. The molecular formula is C16H21N3O2. The summed E-state index contributed by atoms with van der Waals surface area (Å²) < 4.78 is 0. The predicted molar refractivity (Wildman–Crippen MR) is 81.4 cm³/mol. The molecule has 112 valence electrons. The number of amides is 3. The Morgan fingerprint density at radius 3 is 2.81 bits per heavy atom. The first-order valence-electron chi connectivity index (χ1n) is 7.59. The van der Waals surface area contributed by atoms with Crippen LogP contribution < -0.4 is 10.2 Å². The maximum atomic E-state index is 11.5. The molecule has 2 aliphatic rings. The zero-order valence-electron chi connectivity index (χ0n) is 12.3. The molecule has 0 bridgehead atoms. The quantitative estimate of drug-likeness (QED) is 0.861. The second-order valence-corrected chi connectivity index (χ2v) is 5.79. The first-order chi connectivity index (χ1) is 10.2. The normalized spacial score (nSPS) is 21.5. The highest BCUT2D eigenvalue weighted by atomic mass is 16.2. The van der Waals surface area contributed by atoms with Crippen LogP contribution in [0.3, 0.4) is 0 Å². The number of rotatable bonds is 4. The van der Waals surface area contributed by atoms with E-state index < -0.39 is 0 Å². The third kappa shape index (κ3) is 2.73. The van der Waals surface area contributed by atoms with E-state index in [1.165, 1.54) is 16.2 Å². The van der Waals surface area contributed by atoms with Crippen LogP contribution in [0.2, 0.25) is 0 Å². The van der Waals surface area contributed by atoms with Crippen molar-refractivity contribution >= 4 is 17.6 Å². The zero-order valence-corrected chi connectivity index (χ0v) is 12.3. The van der Waals surface area contributed by atoms with Gasteiger partial charge in [-0.1, -0.05) is 25.1 Å². The number of imide groups is 1. The molecule has 5 heteroatoms. The second-order valence-electron chi connectivity index (χ2n) is 5.79. The van der Waals surface area contributed by atoms with Gasteiger partial charge in [0.15, 0.2) is 0 Å². The maximum Gasteiger partial charge on any atom is 0.324 e. The molecule has 1 aromatic rings. The number of para-hydroxylation sites is 1. The molecule has 0 saturated carbocycles. The number of hydrogen-bond donors (Lipinski definition) is 1. The predicted octanol–water partition coefficient (Wildman–Crippen LogP) is 1.94. The van der Waals surface area contributed by atoms with Crippen LogP contribution in [-0.4, -0.2) is 43.0 Å². The summed E-state index contributed by atoms with van der Waals surface area (Å²) in [5.41, 5.74) is 2.70. The van der Waals surface area contributed by atoms with E-state index in [1.54, 1.807) is 0 Å². The van der Waals surface area contributed by atoms with E-state index in [4.69, 9.17) is 0 Å². The molecule has 0 radical (unpaired) electrons. The Hall–Kier alpha value is -2.04. The largest absolute Gasteiger partial charge is 0.371 e. The van der Waals surface area contributed by atoms with Crippen LogP contribution in [0.25, 0.3) is 0 Å². The van der Waals surface area contributed by atoms with Gasteiger partial charge in [0.2, 0.25) is 5.91 Å². The molecule has 0 aromatic heterocycles. The van der Waals surface area contributed by atoms with Crippen molar-refractivity contribution in [3.05, 3.63) is 29.8 Å². The van der Waals surface area contributed by atoms with Gasteiger partial charge in [0.1, 0.15) is 0 Å². The molecule has 3 amide bonds. The average molecular weight is 287 g/mol. The molecule has 1 N–H and O–H groups in total. The van der Waals surface area contributed by atoms with Gasteiger partial charge in [-0.3, -0.25) is 9.69 Å². The van der Waals surface area contributed by atoms with Gasteiger partial charge >= 0.3 is 6.03 Å². The first-order valence-corrected chi connectivity index (χ1v) is 7.59. The Kier molecular flexibility index (Phi) is 3.82. The third-order valence-electron chi connectivity index (χ3n) is 4.39. The summed E-state index contributed by atoms with van der Waals surface area (Å²) in [4.78, 5) is 26.7. The summed E-state index contributed by atoms with van der Waals surface area (Å²) in [6.07, 6.45) is 1.96. The van der Waals surface area contributed by atoms with Gasteiger partial charge in [0.05, 0.1) is 6.54 Å². The van der Waals surface area contributed by atoms with Crippen LogP contribution >= 0.6 is 0 Å². The van der Waals surface area contributed by atoms with Crippen LogP contribution in [0.15, 0.2) is 24.3 Å². The summed E-state index contributed by atoms with van der Waals surface area (Å²) >= 11 is 0. The standard InChI is InChI=1S/C16H21N3O2/c1-12-7-10-18(14-6-3-2-5-13(12)14)8-4-9-19-15(20)11-17-16(19)21/h2-3,5-6,12H,4,7-11H2,1H3,(H,17,21)/t12-/m1/s1. The van der Waals surface area contributed by atoms with Crippen molar-refractivity contribution in [1.82, 2.24) is 10.2 Å². The summed E-state index contributed by atoms with van der Waals surface area (Å²) in [6, 6.07) is 8.27. The Morgan fingerprint density at radius 2 is 2.05 bits per heavy atom. The number of nitrogens with one attached hydrogen (secondary N) is 1. The molecule has 21 heavy (non-hydrogen) atoms. The van der Waals surface area contributed by atoms with E-state index in [0.717, 1.165) is 25.9 Å². The van der Waals surface area contributed by atoms with Gasteiger partial charge in [-0.05, 0) is 30.4 Å². The minimum absolute atomic E-state index is 0.118. The Balaban J connectivity index is 1.60. The van der Waals surface area contributed by atoms with Crippen molar-refractivity contribution < 1.29 is 9.59 Å². The lowest BCUT2D eigenvalue weighted by atomic mass is 9.91. The molecule has 2 heterocycles. The molecule has 0 aliphatic carbocycles. The number of carbonyl (C=O) groups is 2. The number of nitrogens with zero attached hydrogens (tertiary/aromatic N) is 2. The molecular weight excluding hydrogens is 266 g/mol. The van der Waals surface area contributed by atoms with Crippen molar-refractivity contribution in [3.8, 4) is 0 Å². The van der Waals surface area contributed by atoms with Crippen molar-refractivity contribution in [2.45, 2.75) is 25.7 Å². The van der Waals surface area contributed by atoms with Gasteiger partial charge in [0, 0.05) is 25.3 Å². The van der Waals surface area contributed by atoms with Crippen LogP contribution in [0.1, 0.15) is 31.2 Å². The van der Waals surface area contributed by atoms with Crippen molar-refractivity contribution in [2.24, 2.45) is 0 Å². The fourth-order valence-corrected chi connectivity index (χ4v) is 3.15. The van der Waals surface area contributed by atoms with Crippen LogP contribution in [0.4, 0.5) is 10.5 Å². The average Bonchev–Trinajstić information content (AvgIpc) is 2.81. The Bertz CT molecular complexity index is 542. The highest BCUT2D eigenvalue weighted by Gasteiger charge is 2.28. The first kappa shape index (κ1) is 13.9. The lowest BCUT2D eigenvalue weighted by Crippen LogP contribution is -2.36. The minimum Gasteiger partial charge on any atom is -0.371 e. The molecule has 1 aromatic carbocycles. The van der Waals surface area contributed by atoms with Crippen molar-refractivity contribution in [1.29, 1.82) is 0 Å². The number of benzene rings is 1. The molecule has 1 atom stereocenters. The van der Waals surface area contributed by atoms with Gasteiger partial charge in [0.25, 0.3) is 0 Å². The number of anilines is 1. The molecule has 3 rings (SSSR count).